The van der Waals surface area contributed by atoms with E-state index in [2.05, 4.69) is 10.8 Å². The van der Waals surface area contributed by atoms with E-state index in [0.29, 0.717) is 17.5 Å². The van der Waals surface area contributed by atoms with Crippen LogP contribution in [-0.4, -0.2) is 18.2 Å². The van der Waals surface area contributed by atoms with Crippen molar-refractivity contribution in [1.82, 2.24) is 0 Å². The summed E-state index contributed by atoms with van der Waals surface area (Å²) in [6.07, 6.45) is 0.840. The first-order valence-electron chi connectivity index (χ1n) is 5.38. The molecule has 0 spiro atoms. The van der Waals surface area contributed by atoms with Crippen molar-refractivity contribution in [3.8, 4) is 6.07 Å². The van der Waals surface area contributed by atoms with Gasteiger partial charge in [0.1, 0.15) is 0 Å². The molecule has 0 aliphatic heterocycles. The van der Waals surface area contributed by atoms with Crippen molar-refractivity contribution in [3.05, 3.63) is 34.4 Å². The number of nitriles is 1. The highest BCUT2D eigenvalue weighted by molar-refractivity contribution is 5.72. The molecule has 0 bridgehead atoms. The molecule has 0 aliphatic carbocycles. The molecule has 0 radical (unpaired) electrons. The summed E-state index contributed by atoms with van der Waals surface area (Å²) in [5.74, 6) is -0.333. The summed E-state index contributed by atoms with van der Waals surface area (Å²) in [4.78, 5) is 11.2. The molecule has 0 aliphatic rings. The number of hydrogen-bond acceptors (Lipinski definition) is 4. The number of esters is 1. The monoisotopic (exact) mass is 233 g/mol. The van der Waals surface area contributed by atoms with E-state index in [1.54, 1.807) is 6.07 Å². The highest BCUT2D eigenvalue weighted by atomic mass is 16.5. The quantitative estimate of drug-likeness (QED) is 0.796. The molecule has 4 heteroatoms. The average Bonchev–Trinajstić information content (AvgIpc) is 2.37. The van der Waals surface area contributed by atoms with Gasteiger partial charge in [-0.25, -0.2) is 0 Å². The molecule has 0 fully saturated rings. The fourth-order valence-corrected chi connectivity index (χ4v) is 1.73. The average molecular weight is 233 g/mol. The van der Waals surface area contributed by atoms with Gasteiger partial charge in [-0.15, -0.1) is 0 Å². The van der Waals surface area contributed by atoms with Gasteiger partial charge in [0.2, 0.25) is 0 Å². The van der Waals surface area contributed by atoms with Crippen LogP contribution in [0, 0.1) is 11.3 Å². The molecule has 0 saturated heterocycles. The van der Waals surface area contributed by atoms with Gasteiger partial charge in [0.15, 0.2) is 0 Å². The Hall–Kier alpha value is -1.86. The number of hydrogen-bond donors (Lipinski definition) is 1. The predicted molar refractivity (Wildman–Crippen MR) is 62.2 cm³/mol. The Kier molecular flexibility index (Phi) is 4.68. The molecule has 1 aromatic carbocycles. The van der Waals surface area contributed by atoms with Crippen molar-refractivity contribution in [2.45, 2.75) is 26.4 Å². The van der Waals surface area contributed by atoms with Crippen LogP contribution in [0.4, 0.5) is 0 Å². The molecule has 1 aromatic rings. The Morgan fingerprint density at radius 3 is 2.59 bits per heavy atom. The maximum Gasteiger partial charge on any atom is 0.309 e. The molecule has 17 heavy (non-hydrogen) atoms. The molecule has 4 nitrogen and oxygen atoms in total. The molecule has 90 valence electrons. The molecule has 1 N–H and O–H groups in total. The zero-order chi connectivity index (χ0) is 12.8. The Morgan fingerprint density at radius 1 is 1.47 bits per heavy atom. The Labute approximate surface area is 100 Å². The van der Waals surface area contributed by atoms with Crippen LogP contribution < -0.4 is 0 Å². The van der Waals surface area contributed by atoms with Crippen molar-refractivity contribution in [1.29, 1.82) is 5.26 Å². The van der Waals surface area contributed by atoms with Gasteiger partial charge < -0.3 is 9.84 Å². The summed E-state index contributed by atoms with van der Waals surface area (Å²) in [5.41, 5.74) is 2.67. The lowest BCUT2D eigenvalue weighted by Gasteiger charge is -2.09. The van der Waals surface area contributed by atoms with Gasteiger partial charge in [0.05, 0.1) is 31.8 Å². The van der Waals surface area contributed by atoms with Crippen molar-refractivity contribution in [2.75, 3.05) is 7.11 Å². The molecule has 0 heterocycles. The predicted octanol–water partition coefficient (Wildman–Crippen LogP) is 1.33. The second kappa shape index (κ2) is 6.02. The van der Waals surface area contributed by atoms with Crippen LogP contribution in [0.25, 0.3) is 0 Å². The van der Waals surface area contributed by atoms with Crippen LogP contribution in [-0.2, 0) is 29.0 Å². The second-order valence-corrected chi connectivity index (χ2v) is 3.67. The van der Waals surface area contributed by atoms with Crippen LogP contribution in [0.3, 0.4) is 0 Å². The van der Waals surface area contributed by atoms with E-state index in [0.717, 1.165) is 11.1 Å². The lowest BCUT2D eigenvalue weighted by Crippen LogP contribution is -2.07. The van der Waals surface area contributed by atoms with Crippen LogP contribution >= 0.6 is 0 Å². The van der Waals surface area contributed by atoms with Crippen molar-refractivity contribution in [3.63, 3.8) is 0 Å². The molecule has 0 aromatic heterocycles. The Balaban J connectivity index is 3.19. The van der Waals surface area contributed by atoms with Crippen molar-refractivity contribution < 1.29 is 14.6 Å². The Morgan fingerprint density at radius 2 is 2.12 bits per heavy atom. The van der Waals surface area contributed by atoms with Crippen LogP contribution in [0.2, 0.25) is 0 Å². The molecular weight excluding hydrogens is 218 g/mol. The zero-order valence-electron chi connectivity index (χ0n) is 9.99. The maximum atomic E-state index is 11.2. The normalized spacial score (nSPS) is 9.76. The smallest absolute Gasteiger partial charge is 0.309 e. The highest BCUT2D eigenvalue weighted by Crippen LogP contribution is 2.19. The van der Waals surface area contributed by atoms with Gasteiger partial charge in [-0.2, -0.15) is 5.26 Å². The number of ether oxygens (including phenoxy) is 1. The lowest BCUT2D eigenvalue weighted by molar-refractivity contribution is -0.139. The first-order chi connectivity index (χ1) is 8.15. The van der Waals surface area contributed by atoms with Crippen molar-refractivity contribution in [2.24, 2.45) is 0 Å². The summed E-state index contributed by atoms with van der Waals surface area (Å²) in [6, 6.07) is 5.57. The second-order valence-electron chi connectivity index (χ2n) is 3.67. The number of nitrogens with zero attached hydrogens (tertiary/aromatic N) is 1. The molecular formula is C13H15NO3. The third-order valence-electron chi connectivity index (χ3n) is 2.60. The highest BCUT2D eigenvalue weighted by Gasteiger charge is 2.11. The van der Waals surface area contributed by atoms with E-state index in [4.69, 9.17) is 5.26 Å². The van der Waals surface area contributed by atoms with Crippen molar-refractivity contribution >= 4 is 5.97 Å². The largest absolute Gasteiger partial charge is 0.469 e. The number of carbonyl (C=O) groups is 1. The van der Waals surface area contributed by atoms with E-state index >= 15 is 0 Å². The minimum absolute atomic E-state index is 0.155. The van der Waals surface area contributed by atoms with E-state index in [1.807, 2.05) is 13.0 Å². The van der Waals surface area contributed by atoms with E-state index in [1.165, 1.54) is 7.11 Å². The van der Waals surface area contributed by atoms with Gasteiger partial charge in [0, 0.05) is 0 Å². The van der Waals surface area contributed by atoms with Crippen LogP contribution in [0.15, 0.2) is 12.1 Å². The number of aliphatic hydroxyl groups is 1. The summed E-state index contributed by atoms with van der Waals surface area (Å²) in [5, 5.41) is 18.2. The number of carbonyl (C=O) groups excluding carboxylic acids is 1. The minimum Gasteiger partial charge on any atom is -0.469 e. The third-order valence-corrected chi connectivity index (χ3v) is 2.60. The minimum atomic E-state index is -0.333. The van der Waals surface area contributed by atoms with Gasteiger partial charge in [0.25, 0.3) is 0 Å². The summed E-state index contributed by atoms with van der Waals surface area (Å²) >= 11 is 0. The molecule has 0 unspecified atom stereocenters. The Bertz CT molecular complexity index is 435. The SMILES string of the molecule is CCc1cc(CC(=O)OC)cc(CO)c1C#N. The van der Waals surface area contributed by atoms with Gasteiger partial charge in [-0.1, -0.05) is 19.1 Å². The van der Waals surface area contributed by atoms with Gasteiger partial charge in [-0.3, -0.25) is 4.79 Å². The number of benzene rings is 1. The van der Waals surface area contributed by atoms with E-state index in [-0.39, 0.29) is 19.0 Å². The number of methoxy groups -OCH3 is 1. The first kappa shape index (κ1) is 13.2. The van der Waals surface area contributed by atoms with Gasteiger partial charge >= 0.3 is 5.97 Å². The molecule has 0 amide bonds. The van der Waals surface area contributed by atoms with E-state index in [9.17, 15) is 9.90 Å². The van der Waals surface area contributed by atoms with Crippen LogP contribution in [0.1, 0.15) is 29.2 Å². The topological polar surface area (TPSA) is 70.3 Å². The molecule has 0 saturated carbocycles. The standard InChI is InChI=1S/C13H15NO3/c1-3-10-4-9(6-13(16)17-2)5-11(8-15)12(10)7-14/h4-5,15H,3,6,8H2,1-2H3. The number of rotatable bonds is 4. The summed E-state index contributed by atoms with van der Waals surface area (Å²) < 4.78 is 4.59. The maximum absolute atomic E-state index is 11.2. The van der Waals surface area contributed by atoms with Crippen LogP contribution in [0.5, 0.6) is 0 Å². The number of aryl methyl sites for hydroxylation is 1. The van der Waals surface area contributed by atoms with E-state index < -0.39 is 0 Å². The first-order valence-corrected chi connectivity index (χ1v) is 5.38. The molecule has 0 atom stereocenters. The third kappa shape index (κ3) is 3.05. The van der Waals surface area contributed by atoms with Gasteiger partial charge in [-0.05, 0) is 23.1 Å². The fourth-order valence-electron chi connectivity index (χ4n) is 1.73. The zero-order valence-corrected chi connectivity index (χ0v) is 9.99. The number of aliphatic hydroxyl groups excluding tert-OH is 1. The summed E-state index contributed by atoms with van der Waals surface area (Å²) in [6.45, 7) is 1.73. The lowest BCUT2D eigenvalue weighted by atomic mass is 9.96. The molecule has 1 rings (SSSR count). The fraction of sp³-hybridized carbons (Fsp3) is 0.385. The summed E-state index contributed by atoms with van der Waals surface area (Å²) in [7, 11) is 1.33.